The minimum atomic E-state index is 0.261. The summed E-state index contributed by atoms with van der Waals surface area (Å²) in [6, 6.07) is 0. The molecule has 1 aliphatic rings. The first kappa shape index (κ1) is 13.5. The third kappa shape index (κ3) is 4.54. The van der Waals surface area contributed by atoms with E-state index in [9.17, 15) is 0 Å². The van der Waals surface area contributed by atoms with Crippen molar-refractivity contribution in [2.45, 2.75) is 84.1 Å². The zero-order valence-electron chi connectivity index (χ0n) is 11.3. The van der Waals surface area contributed by atoms with Gasteiger partial charge < -0.3 is 5.43 Å². The molecule has 0 aromatic rings. The van der Waals surface area contributed by atoms with Crippen LogP contribution in [0.4, 0.5) is 0 Å². The third-order valence-electron chi connectivity index (χ3n) is 3.48. The lowest BCUT2D eigenvalue weighted by molar-refractivity contribution is 0.359. The molecule has 0 aliphatic carbocycles. The maximum atomic E-state index is 4.51. The van der Waals surface area contributed by atoms with Crippen molar-refractivity contribution in [2.24, 2.45) is 5.10 Å². The van der Waals surface area contributed by atoms with Crippen LogP contribution in [0.3, 0.4) is 0 Å². The largest absolute Gasteiger partial charge is 0.304 e. The van der Waals surface area contributed by atoms with Gasteiger partial charge in [0.15, 0.2) is 0 Å². The lowest BCUT2D eigenvalue weighted by Crippen LogP contribution is -2.35. The second-order valence-corrected chi connectivity index (χ2v) is 5.44. The highest BCUT2D eigenvalue weighted by atomic mass is 15.4. The van der Waals surface area contributed by atoms with E-state index < -0.39 is 0 Å². The standard InChI is InChI=1S/C14H28N2/c1-4-6-8-10-13-12-14(3,16-15-13)11-9-7-5-2/h16H,4-12H2,1-3H3. The quantitative estimate of drug-likeness (QED) is 0.612. The average molecular weight is 224 g/mol. The van der Waals surface area contributed by atoms with E-state index in [1.54, 1.807) is 0 Å². The molecule has 2 nitrogen and oxygen atoms in total. The smallest absolute Gasteiger partial charge is 0.0573 e. The summed E-state index contributed by atoms with van der Waals surface area (Å²) in [5.41, 5.74) is 5.01. The molecule has 94 valence electrons. The van der Waals surface area contributed by atoms with E-state index >= 15 is 0 Å². The van der Waals surface area contributed by atoms with E-state index in [0.29, 0.717) is 0 Å². The third-order valence-corrected chi connectivity index (χ3v) is 3.48. The molecule has 1 aliphatic heterocycles. The van der Waals surface area contributed by atoms with Gasteiger partial charge in [-0.25, -0.2) is 0 Å². The normalized spacial score (nSPS) is 24.3. The molecule has 0 saturated heterocycles. The molecule has 0 fully saturated rings. The Morgan fingerprint density at radius 3 is 2.50 bits per heavy atom. The van der Waals surface area contributed by atoms with Crippen LogP contribution in [0, 0.1) is 0 Å². The number of rotatable bonds is 8. The predicted molar refractivity (Wildman–Crippen MR) is 71.9 cm³/mol. The van der Waals surface area contributed by atoms with E-state index in [2.05, 4.69) is 31.3 Å². The van der Waals surface area contributed by atoms with E-state index in [4.69, 9.17) is 0 Å². The summed E-state index contributed by atoms with van der Waals surface area (Å²) < 4.78 is 0. The van der Waals surface area contributed by atoms with Crippen molar-refractivity contribution >= 4 is 5.71 Å². The van der Waals surface area contributed by atoms with E-state index in [0.717, 1.165) is 0 Å². The molecule has 1 unspecified atom stereocenters. The Bertz CT molecular complexity index is 223. The molecule has 0 aromatic heterocycles. The Morgan fingerprint density at radius 2 is 1.81 bits per heavy atom. The van der Waals surface area contributed by atoms with Crippen molar-refractivity contribution in [1.82, 2.24) is 5.43 Å². The number of unbranched alkanes of at least 4 members (excludes halogenated alkanes) is 4. The van der Waals surface area contributed by atoms with Crippen LogP contribution in [0.5, 0.6) is 0 Å². The van der Waals surface area contributed by atoms with Gasteiger partial charge >= 0.3 is 0 Å². The number of nitrogens with zero attached hydrogens (tertiary/aromatic N) is 1. The predicted octanol–water partition coefficient (Wildman–Crippen LogP) is 4.26. The lowest BCUT2D eigenvalue weighted by atomic mass is 9.89. The Labute approximate surface area is 101 Å². The molecule has 2 heteroatoms. The molecule has 1 rings (SSSR count). The molecular formula is C14H28N2. The molecule has 16 heavy (non-hydrogen) atoms. The number of hydrazone groups is 1. The summed E-state index contributed by atoms with van der Waals surface area (Å²) >= 11 is 0. The Balaban J connectivity index is 2.20. The van der Waals surface area contributed by atoms with Crippen molar-refractivity contribution in [3.05, 3.63) is 0 Å². The van der Waals surface area contributed by atoms with Gasteiger partial charge in [-0.2, -0.15) is 5.10 Å². The fourth-order valence-electron chi connectivity index (χ4n) is 2.38. The van der Waals surface area contributed by atoms with Crippen LogP contribution in [0.2, 0.25) is 0 Å². The van der Waals surface area contributed by atoms with Crippen molar-refractivity contribution in [3.63, 3.8) is 0 Å². The molecule has 0 amide bonds. The summed E-state index contributed by atoms with van der Waals surface area (Å²) in [5.74, 6) is 0. The van der Waals surface area contributed by atoms with Gasteiger partial charge in [-0.05, 0) is 26.2 Å². The van der Waals surface area contributed by atoms with Gasteiger partial charge in [0.25, 0.3) is 0 Å². The summed E-state index contributed by atoms with van der Waals surface area (Å²) in [5, 5.41) is 4.51. The van der Waals surface area contributed by atoms with Crippen LogP contribution in [0.1, 0.15) is 78.6 Å². The van der Waals surface area contributed by atoms with Crippen LogP contribution < -0.4 is 5.43 Å². The monoisotopic (exact) mass is 224 g/mol. The highest BCUT2D eigenvalue weighted by Crippen LogP contribution is 2.25. The van der Waals surface area contributed by atoms with Gasteiger partial charge in [0.05, 0.1) is 5.54 Å². The van der Waals surface area contributed by atoms with Gasteiger partial charge in [0, 0.05) is 12.1 Å². The Morgan fingerprint density at radius 1 is 1.12 bits per heavy atom. The van der Waals surface area contributed by atoms with Gasteiger partial charge in [-0.15, -0.1) is 0 Å². The molecule has 0 aromatic carbocycles. The minimum absolute atomic E-state index is 0.261. The number of hydrogen-bond acceptors (Lipinski definition) is 2. The van der Waals surface area contributed by atoms with E-state index in [1.807, 2.05) is 0 Å². The first-order valence-corrected chi connectivity index (χ1v) is 7.03. The molecule has 1 heterocycles. The molecule has 1 atom stereocenters. The van der Waals surface area contributed by atoms with Crippen LogP contribution in [0.25, 0.3) is 0 Å². The minimum Gasteiger partial charge on any atom is -0.304 e. The molecular weight excluding hydrogens is 196 g/mol. The second-order valence-electron chi connectivity index (χ2n) is 5.44. The van der Waals surface area contributed by atoms with Gasteiger partial charge in [0.1, 0.15) is 0 Å². The molecule has 0 spiro atoms. The molecule has 0 saturated carbocycles. The van der Waals surface area contributed by atoms with Gasteiger partial charge in [-0.1, -0.05) is 46.0 Å². The first-order valence-electron chi connectivity index (χ1n) is 7.03. The van der Waals surface area contributed by atoms with Crippen LogP contribution in [-0.2, 0) is 0 Å². The average Bonchev–Trinajstić information content (AvgIpc) is 2.62. The Kier molecular flexibility index (Phi) is 5.86. The maximum absolute atomic E-state index is 4.51. The fraction of sp³-hybridized carbons (Fsp3) is 0.929. The van der Waals surface area contributed by atoms with Crippen molar-refractivity contribution in [3.8, 4) is 0 Å². The highest BCUT2D eigenvalue weighted by molar-refractivity contribution is 5.86. The lowest BCUT2D eigenvalue weighted by Gasteiger charge is -2.23. The summed E-state index contributed by atoms with van der Waals surface area (Å²) in [4.78, 5) is 0. The molecule has 0 bridgehead atoms. The molecule has 1 N–H and O–H groups in total. The van der Waals surface area contributed by atoms with Crippen LogP contribution in [-0.4, -0.2) is 11.3 Å². The van der Waals surface area contributed by atoms with Crippen LogP contribution in [0.15, 0.2) is 5.10 Å². The first-order chi connectivity index (χ1) is 7.70. The van der Waals surface area contributed by atoms with Crippen molar-refractivity contribution < 1.29 is 0 Å². The van der Waals surface area contributed by atoms with Crippen molar-refractivity contribution in [1.29, 1.82) is 0 Å². The maximum Gasteiger partial charge on any atom is 0.0573 e. The molecule has 0 radical (unpaired) electrons. The van der Waals surface area contributed by atoms with E-state index in [1.165, 1.54) is 63.5 Å². The van der Waals surface area contributed by atoms with Crippen molar-refractivity contribution in [2.75, 3.05) is 0 Å². The zero-order valence-corrected chi connectivity index (χ0v) is 11.3. The van der Waals surface area contributed by atoms with Gasteiger partial charge in [-0.3, -0.25) is 0 Å². The highest BCUT2D eigenvalue weighted by Gasteiger charge is 2.29. The van der Waals surface area contributed by atoms with E-state index in [-0.39, 0.29) is 5.54 Å². The zero-order chi connectivity index (χ0) is 11.9. The number of hydrogen-bond donors (Lipinski definition) is 1. The number of nitrogens with one attached hydrogen (secondary N) is 1. The Hall–Kier alpha value is -0.530. The van der Waals surface area contributed by atoms with Gasteiger partial charge in [0.2, 0.25) is 0 Å². The SMILES string of the molecule is CCCCCC1=NNC(C)(CCCCC)C1. The summed E-state index contributed by atoms with van der Waals surface area (Å²) in [6.07, 6.45) is 11.6. The second kappa shape index (κ2) is 6.93. The summed E-state index contributed by atoms with van der Waals surface area (Å²) in [6.45, 7) is 6.83. The topological polar surface area (TPSA) is 24.4 Å². The fourth-order valence-corrected chi connectivity index (χ4v) is 2.38. The van der Waals surface area contributed by atoms with Crippen LogP contribution >= 0.6 is 0 Å². The summed E-state index contributed by atoms with van der Waals surface area (Å²) in [7, 11) is 0.